The van der Waals surface area contributed by atoms with Crippen LogP contribution in [-0.2, 0) is 23.5 Å². The van der Waals surface area contributed by atoms with Gasteiger partial charge in [-0.15, -0.1) is 0 Å². The van der Waals surface area contributed by atoms with Crippen LogP contribution in [0.1, 0.15) is 36.5 Å². The Balaban J connectivity index is 1.88. The lowest BCUT2D eigenvalue weighted by Gasteiger charge is -2.28. The second-order valence-corrected chi connectivity index (χ2v) is 7.77. The number of aliphatic hydroxyl groups is 2. The average molecular weight is 422 g/mol. The Morgan fingerprint density at radius 3 is 2.81 bits per heavy atom. The normalized spacial score (nSPS) is 14.2. The quantitative estimate of drug-likeness (QED) is 0.329. The van der Waals surface area contributed by atoms with Crippen LogP contribution >= 0.6 is 0 Å². The van der Waals surface area contributed by atoms with Crippen LogP contribution in [0.15, 0.2) is 41.2 Å². The highest BCUT2D eigenvalue weighted by Crippen LogP contribution is 2.36. The maximum atomic E-state index is 13.2. The van der Waals surface area contributed by atoms with Crippen molar-refractivity contribution in [3.63, 3.8) is 0 Å². The van der Waals surface area contributed by atoms with Gasteiger partial charge < -0.3 is 25.8 Å². The third-order valence-electron chi connectivity index (χ3n) is 5.93. The Labute approximate surface area is 179 Å². The number of aliphatic hydroxyl groups excluding tert-OH is 1. The van der Waals surface area contributed by atoms with E-state index in [1.54, 1.807) is 13.0 Å². The van der Waals surface area contributed by atoms with Crippen molar-refractivity contribution in [2.24, 2.45) is 5.73 Å². The molecule has 31 heavy (non-hydrogen) atoms. The minimum atomic E-state index is -1.96. The molecule has 162 valence electrons. The van der Waals surface area contributed by atoms with E-state index in [2.05, 4.69) is 5.32 Å². The van der Waals surface area contributed by atoms with Crippen molar-refractivity contribution >= 4 is 16.8 Å². The number of hydrogen-bond acceptors (Lipinski definition) is 6. The highest BCUT2D eigenvalue weighted by molar-refractivity contribution is 5.88. The number of nitrogens with two attached hydrogens (primary N) is 1. The van der Waals surface area contributed by atoms with Crippen LogP contribution in [0, 0.1) is 0 Å². The minimum Gasteiger partial charge on any atom is -0.391 e. The van der Waals surface area contributed by atoms with Crippen molar-refractivity contribution < 1.29 is 15.0 Å². The van der Waals surface area contributed by atoms with Gasteiger partial charge in [-0.2, -0.15) is 0 Å². The third-order valence-corrected chi connectivity index (χ3v) is 5.93. The standard InChI is InChI=1S/C23H26N4O4/c1-2-23(31,22(30)25-9-5-8-24)17-11-19-20-15(12-27(19)21(29)16(17)13-28)10-14-6-3-4-7-18(14)26-20/h3-4,6-7,10-11,28,31H,2,5,8-9,12-13,24H2,1H3,(H,25,30)/t23-/m0/s1. The highest BCUT2D eigenvalue weighted by Gasteiger charge is 2.40. The van der Waals surface area contributed by atoms with E-state index in [0.717, 1.165) is 16.5 Å². The summed E-state index contributed by atoms with van der Waals surface area (Å²) in [6.45, 7) is 2.12. The molecule has 1 aliphatic heterocycles. The summed E-state index contributed by atoms with van der Waals surface area (Å²) in [4.78, 5) is 30.8. The summed E-state index contributed by atoms with van der Waals surface area (Å²) in [6.07, 6.45) is 0.602. The molecule has 0 saturated carbocycles. The van der Waals surface area contributed by atoms with E-state index >= 15 is 0 Å². The van der Waals surface area contributed by atoms with Crippen molar-refractivity contribution in [3.05, 3.63) is 63.4 Å². The van der Waals surface area contributed by atoms with Crippen LogP contribution in [0.5, 0.6) is 0 Å². The minimum absolute atomic E-state index is 0.0134. The van der Waals surface area contributed by atoms with Crippen molar-refractivity contribution in [1.82, 2.24) is 14.9 Å². The molecule has 3 heterocycles. The molecule has 4 rings (SSSR count). The van der Waals surface area contributed by atoms with Gasteiger partial charge in [0.15, 0.2) is 5.60 Å². The first kappa shape index (κ1) is 21.2. The van der Waals surface area contributed by atoms with E-state index in [4.69, 9.17) is 10.7 Å². The first-order chi connectivity index (χ1) is 14.9. The summed E-state index contributed by atoms with van der Waals surface area (Å²) in [7, 11) is 0. The molecule has 0 spiro atoms. The van der Waals surface area contributed by atoms with E-state index in [1.807, 2.05) is 30.3 Å². The Hall–Kier alpha value is -3.07. The zero-order valence-electron chi connectivity index (χ0n) is 17.4. The number of aromatic nitrogens is 2. The zero-order chi connectivity index (χ0) is 22.2. The predicted octanol–water partition coefficient (Wildman–Crippen LogP) is 0.980. The van der Waals surface area contributed by atoms with Crippen molar-refractivity contribution in [2.75, 3.05) is 13.1 Å². The summed E-state index contributed by atoms with van der Waals surface area (Å²) in [6, 6.07) is 11.3. The summed E-state index contributed by atoms with van der Waals surface area (Å²) in [5.41, 5.74) is 6.06. The number of hydrogen-bond donors (Lipinski definition) is 4. The topological polar surface area (TPSA) is 130 Å². The van der Waals surface area contributed by atoms with Gasteiger partial charge in [0.05, 0.1) is 30.1 Å². The molecule has 5 N–H and O–H groups in total. The van der Waals surface area contributed by atoms with Gasteiger partial charge in [-0.3, -0.25) is 9.59 Å². The summed E-state index contributed by atoms with van der Waals surface area (Å²) in [5.74, 6) is -0.618. The number of amides is 1. The second-order valence-electron chi connectivity index (χ2n) is 7.77. The molecule has 0 saturated heterocycles. The Kier molecular flexibility index (Phi) is 5.62. The fourth-order valence-electron chi connectivity index (χ4n) is 4.16. The molecule has 1 atom stereocenters. The molecule has 2 aromatic heterocycles. The largest absolute Gasteiger partial charge is 0.391 e. The van der Waals surface area contributed by atoms with E-state index < -0.39 is 23.7 Å². The summed E-state index contributed by atoms with van der Waals surface area (Å²) >= 11 is 0. The van der Waals surface area contributed by atoms with Crippen LogP contribution in [-0.4, -0.2) is 38.8 Å². The van der Waals surface area contributed by atoms with E-state index in [0.29, 0.717) is 37.4 Å². The Morgan fingerprint density at radius 1 is 1.32 bits per heavy atom. The number of benzene rings is 1. The Bertz CT molecular complexity index is 1220. The molecule has 1 aromatic carbocycles. The lowest BCUT2D eigenvalue weighted by molar-refractivity contribution is -0.141. The van der Waals surface area contributed by atoms with Crippen molar-refractivity contribution in [3.8, 4) is 11.4 Å². The number of fused-ring (bicyclic) bond motifs is 4. The second kappa shape index (κ2) is 8.22. The van der Waals surface area contributed by atoms with Gasteiger partial charge in [0.1, 0.15) is 0 Å². The number of para-hydroxylation sites is 1. The average Bonchev–Trinajstić information content (AvgIpc) is 3.14. The number of pyridine rings is 2. The monoisotopic (exact) mass is 422 g/mol. The maximum absolute atomic E-state index is 13.2. The molecule has 0 fully saturated rings. The Morgan fingerprint density at radius 2 is 2.10 bits per heavy atom. The van der Waals surface area contributed by atoms with Gasteiger partial charge in [0.2, 0.25) is 0 Å². The summed E-state index contributed by atoms with van der Waals surface area (Å²) < 4.78 is 1.54. The van der Waals surface area contributed by atoms with Gasteiger partial charge in [0.25, 0.3) is 11.5 Å². The smallest absolute Gasteiger partial charge is 0.257 e. The van der Waals surface area contributed by atoms with E-state index in [-0.39, 0.29) is 17.5 Å². The molecule has 0 aliphatic carbocycles. The first-order valence-corrected chi connectivity index (χ1v) is 10.4. The zero-order valence-corrected chi connectivity index (χ0v) is 17.4. The van der Waals surface area contributed by atoms with Crippen LogP contribution in [0.3, 0.4) is 0 Å². The molecule has 0 unspecified atom stereocenters. The molecule has 1 amide bonds. The van der Waals surface area contributed by atoms with Crippen molar-refractivity contribution in [2.45, 2.75) is 38.5 Å². The maximum Gasteiger partial charge on any atom is 0.257 e. The highest BCUT2D eigenvalue weighted by atomic mass is 16.3. The van der Waals surface area contributed by atoms with Gasteiger partial charge >= 0.3 is 0 Å². The van der Waals surface area contributed by atoms with E-state index in [1.165, 1.54) is 4.57 Å². The lowest BCUT2D eigenvalue weighted by Crippen LogP contribution is -2.46. The molecule has 3 aromatic rings. The molecule has 8 heteroatoms. The fourth-order valence-corrected chi connectivity index (χ4v) is 4.16. The third kappa shape index (κ3) is 3.42. The van der Waals surface area contributed by atoms with Crippen LogP contribution in [0.4, 0.5) is 0 Å². The van der Waals surface area contributed by atoms with E-state index in [9.17, 15) is 19.8 Å². The number of carbonyl (C=O) groups is 1. The van der Waals surface area contributed by atoms with Crippen LogP contribution in [0.2, 0.25) is 0 Å². The molecule has 1 aliphatic rings. The number of nitrogens with zero attached hydrogens (tertiary/aromatic N) is 2. The number of carbonyl (C=O) groups excluding carboxylic acids is 1. The van der Waals surface area contributed by atoms with Crippen LogP contribution < -0.4 is 16.6 Å². The summed E-state index contributed by atoms with van der Waals surface area (Å²) in [5, 5.41) is 24.9. The number of nitrogens with one attached hydrogen (secondary N) is 1. The van der Waals surface area contributed by atoms with Crippen molar-refractivity contribution in [1.29, 1.82) is 0 Å². The molecular weight excluding hydrogens is 396 g/mol. The van der Waals surface area contributed by atoms with Gasteiger partial charge in [-0.25, -0.2) is 4.98 Å². The predicted molar refractivity (Wildman–Crippen MR) is 117 cm³/mol. The van der Waals surface area contributed by atoms with Crippen LogP contribution in [0.25, 0.3) is 22.3 Å². The lowest BCUT2D eigenvalue weighted by atomic mass is 9.86. The fraction of sp³-hybridized carbons (Fsp3) is 0.348. The molecule has 0 radical (unpaired) electrons. The molecular formula is C23H26N4O4. The molecule has 8 nitrogen and oxygen atoms in total. The number of rotatable bonds is 7. The molecule has 0 bridgehead atoms. The SMILES string of the molecule is CC[C@@](O)(C(=O)NCCCN)c1cc2n(c(=O)c1CO)Cc1cc3ccccc3nc1-2. The van der Waals surface area contributed by atoms with Gasteiger partial charge in [-0.1, -0.05) is 25.1 Å². The first-order valence-electron chi connectivity index (χ1n) is 10.4. The van der Waals surface area contributed by atoms with Gasteiger partial charge in [0, 0.05) is 28.6 Å². The van der Waals surface area contributed by atoms with Gasteiger partial charge in [-0.05, 0) is 37.6 Å².